The van der Waals surface area contributed by atoms with E-state index in [-0.39, 0.29) is 11.8 Å². The van der Waals surface area contributed by atoms with E-state index in [9.17, 15) is 4.79 Å². The van der Waals surface area contributed by atoms with E-state index in [0.29, 0.717) is 25.4 Å². The summed E-state index contributed by atoms with van der Waals surface area (Å²) in [7, 11) is 1.83. The molecule has 1 heterocycles. The first-order valence-electron chi connectivity index (χ1n) is 6.91. The number of aryl methyl sites for hydroxylation is 1. The average molecular weight is 266 g/mol. The topological polar surface area (TPSA) is 59.5 Å². The molecular weight excluding hydrogens is 240 g/mol. The van der Waals surface area contributed by atoms with Gasteiger partial charge in [0.2, 0.25) is 5.91 Å². The van der Waals surface area contributed by atoms with Gasteiger partial charge in [0.05, 0.1) is 6.26 Å². The Bertz CT molecular complexity index is 399. The number of hydrogen-bond acceptors (Lipinski definition) is 3. The van der Waals surface area contributed by atoms with Gasteiger partial charge in [-0.3, -0.25) is 4.79 Å². The van der Waals surface area contributed by atoms with E-state index in [1.807, 2.05) is 20.0 Å². The minimum atomic E-state index is 0.150. The van der Waals surface area contributed by atoms with E-state index < -0.39 is 0 Å². The molecular formula is C15H26N2O2. The number of hydrogen-bond donors (Lipinski definition) is 1. The van der Waals surface area contributed by atoms with Gasteiger partial charge < -0.3 is 15.1 Å². The normalized spacial score (nSPS) is 12.7. The maximum atomic E-state index is 12.2. The van der Waals surface area contributed by atoms with Gasteiger partial charge in [0.1, 0.15) is 5.76 Å². The van der Waals surface area contributed by atoms with Crippen molar-refractivity contribution in [1.29, 1.82) is 0 Å². The van der Waals surface area contributed by atoms with Gasteiger partial charge in [0.15, 0.2) is 0 Å². The monoisotopic (exact) mass is 266 g/mol. The molecule has 0 saturated heterocycles. The summed E-state index contributed by atoms with van der Waals surface area (Å²) in [4.78, 5) is 13.9. The van der Waals surface area contributed by atoms with Crippen LogP contribution in [0.25, 0.3) is 0 Å². The van der Waals surface area contributed by atoms with Crippen LogP contribution in [-0.4, -0.2) is 24.4 Å². The Hall–Kier alpha value is -1.29. The zero-order valence-electron chi connectivity index (χ0n) is 12.5. The molecule has 19 heavy (non-hydrogen) atoms. The smallest absolute Gasteiger partial charge is 0.222 e. The van der Waals surface area contributed by atoms with E-state index in [0.717, 1.165) is 17.7 Å². The molecule has 108 valence electrons. The average Bonchev–Trinajstić information content (AvgIpc) is 2.73. The first-order valence-corrected chi connectivity index (χ1v) is 6.91. The molecule has 0 aliphatic rings. The third-order valence-electron chi connectivity index (χ3n) is 3.40. The van der Waals surface area contributed by atoms with Crippen LogP contribution in [0, 0.1) is 18.8 Å². The Morgan fingerprint density at radius 2 is 2.16 bits per heavy atom. The Kier molecular flexibility index (Phi) is 6.09. The van der Waals surface area contributed by atoms with Crippen LogP contribution in [-0.2, 0) is 11.3 Å². The molecule has 1 aromatic heterocycles. The van der Waals surface area contributed by atoms with Crippen LogP contribution in [0.5, 0.6) is 0 Å². The number of furan rings is 1. The molecule has 0 unspecified atom stereocenters. The molecule has 0 spiro atoms. The van der Waals surface area contributed by atoms with Crippen molar-refractivity contribution in [2.45, 2.75) is 40.2 Å². The number of nitrogens with two attached hydrogens (primary N) is 1. The van der Waals surface area contributed by atoms with Gasteiger partial charge in [-0.1, -0.05) is 13.8 Å². The summed E-state index contributed by atoms with van der Waals surface area (Å²) in [6, 6.07) is 1.91. The maximum absolute atomic E-state index is 12.2. The van der Waals surface area contributed by atoms with Gasteiger partial charge in [-0.15, -0.1) is 0 Å². The number of rotatable bonds is 7. The number of carbonyl (C=O) groups excluding carboxylic acids is 1. The lowest BCUT2D eigenvalue weighted by molar-refractivity contribution is -0.131. The van der Waals surface area contributed by atoms with Crippen molar-refractivity contribution in [3.63, 3.8) is 0 Å². The molecule has 0 bridgehead atoms. The molecule has 0 radical (unpaired) electrons. The van der Waals surface area contributed by atoms with Crippen LogP contribution in [0.4, 0.5) is 0 Å². The van der Waals surface area contributed by atoms with Crippen molar-refractivity contribution < 1.29 is 9.21 Å². The summed E-state index contributed by atoms with van der Waals surface area (Å²) in [6.07, 6.45) is 3.19. The molecule has 0 aromatic carbocycles. The van der Waals surface area contributed by atoms with Gasteiger partial charge in [-0.25, -0.2) is 0 Å². The van der Waals surface area contributed by atoms with Crippen LogP contribution in [0.3, 0.4) is 0 Å². The maximum Gasteiger partial charge on any atom is 0.222 e. The highest BCUT2D eigenvalue weighted by molar-refractivity contribution is 5.76. The fraction of sp³-hybridized carbons (Fsp3) is 0.667. The predicted molar refractivity (Wildman–Crippen MR) is 76.5 cm³/mol. The predicted octanol–water partition coefficient (Wildman–Crippen LogP) is 2.56. The summed E-state index contributed by atoms with van der Waals surface area (Å²) < 4.78 is 5.24. The molecule has 1 rings (SSSR count). The van der Waals surface area contributed by atoms with Crippen LogP contribution in [0.2, 0.25) is 0 Å². The number of carbonyl (C=O) groups is 1. The lowest BCUT2D eigenvalue weighted by Gasteiger charge is -2.21. The van der Waals surface area contributed by atoms with Crippen molar-refractivity contribution in [2.24, 2.45) is 17.6 Å². The van der Waals surface area contributed by atoms with Crippen LogP contribution >= 0.6 is 0 Å². The highest BCUT2D eigenvalue weighted by atomic mass is 16.3. The number of amides is 1. The summed E-state index contributed by atoms with van der Waals surface area (Å²) >= 11 is 0. The van der Waals surface area contributed by atoms with E-state index in [4.69, 9.17) is 10.2 Å². The van der Waals surface area contributed by atoms with Crippen molar-refractivity contribution in [3.05, 3.63) is 23.7 Å². The van der Waals surface area contributed by atoms with Crippen molar-refractivity contribution in [3.8, 4) is 0 Å². The first-order chi connectivity index (χ1) is 8.93. The number of nitrogens with zero attached hydrogens (tertiary/aromatic N) is 1. The van der Waals surface area contributed by atoms with Crippen molar-refractivity contribution >= 4 is 5.91 Å². The minimum Gasteiger partial charge on any atom is -0.469 e. The Morgan fingerprint density at radius 1 is 1.47 bits per heavy atom. The van der Waals surface area contributed by atoms with Crippen molar-refractivity contribution in [2.75, 3.05) is 13.6 Å². The zero-order valence-corrected chi connectivity index (χ0v) is 12.5. The van der Waals surface area contributed by atoms with Crippen LogP contribution < -0.4 is 5.73 Å². The second-order valence-corrected chi connectivity index (χ2v) is 5.69. The van der Waals surface area contributed by atoms with Gasteiger partial charge >= 0.3 is 0 Å². The van der Waals surface area contributed by atoms with Gasteiger partial charge in [0, 0.05) is 25.6 Å². The van der Waals surface area contributed by atoms with Crippen molar-refractivity contribution in [1.82, 2.24) is 4.90 Å². The molecule has 1 aromatic rings. The molecule has 0 aliphatic heterocycles. The highest BCUT2D eigenvalue weighted by Crippen LogP contribution is 2.17. The van der Waals surface area contributed by atoms with Gasteiger partial charge in [0.25, 0.3) is 0 Å². The third kappa shape index (κ3) is 5.07. The van der Waals surface area contributed by atoms with Crippen LogP contribution in [0.1, 0.15) is 38.0 Å². The fourth-order valence-corrected chi connectivity index (χ4v) is 2.25. The molecule has 2 N–H and O–H groups in total. The Labute approximate surface area is 116 Å². The second-order valence-electron chi connectivity index (χ2n) is 5.69. The highest BCUT2D eigenvalue weighted by Gasteiger charge is 2.18. The molecule has 0 saturated carbocycles. The zero-order chi connectivity index (χ0) is 14.4. The largest absolute Gasteiger partial charge is 0.469 e. The van der Waals surface area contributed by atoms with E-state index >= 15 is 0 Å². The molecule has 4 nitrogen and oxygen atoms in total. The molecule has 4 heteroatoms. The van der Waals surface area contributed by atoms with E-state index in [1.165, 1.54) is 0 Å². The van der Waals surface area contributed by atoms with Crippen LogP contribution in [0.15, 0.2) is 16.7 Å². The SMILES string of the molecule is Cc1occc1CN(C)C(=O)C[C@@H](CN)CC(C)C. The summed E-state index contributed by atoms with van der Waals surface area (Å²) in [5.41, 5.74) is 6.80. The summed E-state index contributed by atoms with van der Waals surface area (Å²) in [5.74, 6) is 1.87. The lowest BCUT2D eigenvalue weighted by Crippen LogP contribution is -2.30. The quantitative estimate of drug-likeness (QED) is 0.825. The Balaban J connectivity index is 2.50. The standard InChI is InChI=1S/C15H26N2O2/c1-11(2)7-13(9-16)8-15(18)17(4)10-14-5-6-19-12(14)3/h5-6,11,13H,7-10,16H2,1-4H3/t13-/m0/s1. The minimum absolute atomic E-state index is 0.150. The molecule has 0 fully saturated rings. The lowest BCUT2D eigenvalue weighted by atomic mass is 9.94. The molecule has 0 aliphatic carbocycles. The third-order valence-corrected chi connectivity index (χ3v) is 3.40. The second kappa shape index (κ2) is 7.34. The summed E-state index contributed by atoms with van der Waals surface area (Å²) in [5, 5.41) is 0. The van der Waals surface area contributed by atoms with E-state index in [1.54, 1.807) is 11.2 Å². The van der Waals surface area contributed by atoms with Gasteiger partial charge in [-0.05, 0) is 37.8 Å². The Morgan fingerprint density at radius 3 is 2.63 bits per heavy atom. The fourth-order valence-electron chi connectivity index (χ4n) is 2.25. The molecule has 1 atom stereocenters. The first kappa shape index (κ1) is 15.8. The van der Waals surface area contributed by atoms with Gasteiger partial charge in [-0.2, -0.15) is 0 Å². The molecule has 1 amide bonds. The summed E-state index contributed by atoms with van der Waals surface area (Å²) in [6.45, 7) is 7.40. The van der Waals surface area contributed by atoms with E-state index in [2.05, 4.69) is 13.8 Å².